The fourth-order valence-corrected chi connectivity index (χ4v) is 1.47. The molecule has 0 saturated carbocycles. The number of nitrogens with one attached hydrogen (secondary N) is 2. The molecule has 0 bridgehead atoms. The van der Waals surface area contributed by atoms with Gasteiger partial charge in [0.05, 0.1) is 6.61 Å². The predicted molar refractivity (Wildman–Crippen MR) is 91.4 cm³/mol. The molecule has 7 heteroatoms. The number of halogens is 1. The van der Waals surface area contributed by atoms with Gasteiger partial charge in [-0.1, -0.05) is 18.2 Å². The molecule has 0 aliphatic carbocycles. The second kappa shape index (κ2) is 10.4. The summed E-state index contributed by atoms with van der Waals surface area (Å²) in [4.78, 5) is 15.6. The van der Waals surface area contributed by atoms with E-state index in [1.54, 1.807) is 7.11 Å². The summed E-state index contributed by atoms with van der Waals surface area (Å²) in [6, 6.07) is 9.24. The van der Waals surface area contributed by atoms with Crippen LogP contribution in [0.2, 0.25) is 0 Å². The first kappa shape index (κ1) is 18.7. The number of hydrogen-bond donors (Lipinski definition) is 3. The minimum absolute atomic E-state index is 0. The van der Waals surface area contributed by atoms with Gasteiger partial charge in [0.1, 0.15) is 6.54 Å². The number of nitrogens with zero attached hydrogens (tertiary/aromatic N) is 1. The number of hydrogen-bond acceptors (Lipinski definition) is 3. The van der Waals surface area contributed by atoms with Crippen LogP contribution in [-0.2, 0) is 9.53 Å². The van der Waals surface area contributed by atoms with Crippen LogP contribution >= 0.6 is 24.0 Å². The molecule has 0 saturated heterocycles. The standard InChI is InChI=1S/C13H20N4O2.HI/c1-10(9-19-2)16-13(14)15-8-12(18)17-11-6-4-3-5-7-11;/h3-7,10H,8-9H2,1-2H3,(H,17,18)(H3,14,15,16);1H. The number of benzene rings is 1. The average molecular weight is 392 g/mol. The Kier molecular flexibility index (Phi) is 9.73. The van der Waals surface area contributed by atoms with Crippen molar-refractivity contribution in [3.63, 3.8) is 0 Å². The van der Waals surface area contributed by atoms with Crippen molar-refractivity contribution in [3.8, 4) is 0 Å². The molecule has 1 unspecified atom stereocenters. The summed E-state index contributed by atoms with van der Waals surface area (Å²) in [7, 11) is 1.61. The van der Waals surface area contributed by atoms with Gasteiger partial charge in [-0.15, -0.1) is 24.0 Å². The lowest BCUT2D eigenvalue weighted by molar-refractivity contribution is -0.114. The molecule has 1 aromatic carbocycles. The van der Waals surface area contributed by atoms with E-state index < -0.39 is 0 Å². The smallest absolute Gasteiger partial charge is 0.246 e. The highest BCUT2D eigenvalue weighted by Crippen LogP contribution is 2.04. The molecule has 0 aliphatic rings. The molecule has 0 radical (unpaired) electrons. The Labute approximate surface area is 136 Å². The lowest BCUT2D eigenvalue weighted by Crippen LogP contribution is -2.41. The van der Waals surface area contributed by atoms with Gasteiger partial charge in [0.25, 0.3) is 0 Å². The van der Waals surface area contributed by atoms with E-state index in [0.717, 1.165) is 5.69 Å². The fourth-order valence-electron chi connectivity index (χ4n) is 1.47. The molecular formula is C13H21IN4O2. The van der Waals surface area contributed by atoms with Crippen molar-refractivity contribution >= 4 is 41.5 Å². The Balaban J connectivity index is 0.00000361. The lowest BCUT2D eigenvalue weighted by atomic mass is 10.3. The number of guanidine groups is 1. The zero-order valence-electron chi connectivity index (χ0n) is 11.6. The lowest BCUT2D eigenvalue weighted by Gasteiger charge is -2.12. The first-order valence-corrected chi connectivity index (χ1v) is 6.02. The van der Waals surface area contributed by atoms with Gasteiger partial charge >= 0.3 is 0 Å². The first-order chi connectivity index (χ1) is 9.11. The first-order valence-electron chi connectivity index (χ1n) is 6.02. The molecule has 1 aromatic rings. The van der Waals surface area contributed by atoms with E-state index in [4.69, 9.17) is 10.5 Å². The highest BCUT2D eigenvalue weighted by Gasteiger charge is 2.03. The Hall–Kier alpha value is -1.35. The van der Waals surface area contributed by atoms with Gasteiger partial charge in [0.15, 0.2) is 5.96 Å². The van der Waals surface area contributed by atoms with E-state index in [2.05, 4.69) is 15.6 Å². The molecular weight excluding hydrogens is 371 g/mol. The minimum Gasteiger partial charge on any atom is -0.383 e. The molecule has 0 heterocycles. The molecule has 20 heavy (non-hydrogen) atoms. The summed E-state index contributed by atoms with van der Waals surface area (Å²) in [6.07, 6.45) is 0. The van der Waals surface area contributed by atoms with Crippen molar-refractivity contribution in [2.75, 3.05) is 25.6 Å². The van der Waals surface area contributed by atoms with Gasteiger partial charge in [0.2, 0.25) is 5.91 Å². The fraction of sp³-hybridized carbons (Fsp3) is 0.385. The van der Waals surface area contributed by atoms with Crippen LogP contribution in [0.25, 0.3) is 0 Å². The summed E-state index contributed by atoms with van der Waals surface area (Å²) in [5.74, 6) is 0.0168. The molecule has 0 aromatic heterocycles. The number of methoxy groups -OCH3 is 1. The van der Waals surface area contributed by atoms with Crippen molar-refractivity contribution < 1.29 is 9.53 Å². The van der Waals surface area contributed by atoms with Crippen LogP contribution in [-0.4, -0.2) is 38.2 Å². The Morgan fingerprint density at radius 3 is 2.65 bits per heavy atom. The predicted octanol–water partition coefficient (Wildman–Crippen LogP) is 1.18. The molecule has 1 rings (SSSR count). The number of aliphatic imine (C=N–C) groups is 1. The second-order valence-electron chi connectivity index (χ2n) is 4.12. The number of anilines is 1. The highest BCUT2D eigenvalue weighted by atomic mass is 127. The maximum atomic E-state index is 11.6. The highest BCUT2D eigenvalue weighted by molar-refractivity contribution is 14.0. The van der Waals surface area contributed by atoms with E-state index in [9.17, 15) is 4.79 Å². The molecule has 1 atom stereocenters. The molecule has 6 nitrogen and oxygen atoms in total. The van der Waals surface area contributed by atoms with Crippen LogP contribution in [0.1, 0.15) is 6.92 Å². The zero-order chi connectivity index (χ0) is 14.1. The number of carbonyl (C=O) groups is 1. The quantitative estimate of drug-likeness (QED) is 0.386. The molecule has 0 spiro atoms. The van der Waals surface area contributed by atoms with Gasteiger partial charge in [-0.25, -0.2) is 4.99 Å². The topological polar surface area (TPSA) is 88.7 Å². The summed E-state index contributed by atoms with van der Waals surface area (Å²) in [6.45, 7) is 2.41. The maximum absolute atomic E-state index is 11.6. The molecule has 1 amide bonds. The van der Waals surface area contributed by atoms with Gasteiger partial charge in [0, 0.05) is 18.8 Å². The van der Waals surface area contributed by atoms with Crippen LogP contribution in [0.4, 0.5) is 5.69 Å². The van der Waals surface area contributed by atoms with Crippen molar-refractivity contribution in [2.45, 2.75) is 13.0 Å². The van der Waals surface area contributed by atoms with Crippen molar-refractivity contribution in [2.24, 2.45) is 10.7 Å². The Morgan fingerprint density at radius 1 is 1.40 bits per heavy atom. The van der Waals surface area contributed by atoms with Gasteiger partial charge < -0.3 is 21.1 Å². The van der Waals surface area contributed by atoms with Crippen LogP contribution in [0.5, 0.6) is 0 Å². The van der Waals surface area contributed by atoms with Crippen LogP contribution in [0.3, 0.4) is 0 Å². The van der Waals surface area contributed by atoms with Crippen molar-refractivity contribution in [3.05, 3.63) is 30.3 Å². The third-order valence-corrected chi connectivity index (χ3v) is 2.26. The van der Waals surface area contributed by atoms with E-state index in [0.29, 0.717) is 6.61 Å². The van der Waals surface area contributed by atoms with Gasteiger partial charge in [-0.05, 0) is 19.1 Å². The van der Waals surface area contributed by atoms with Crippen LogP contribution < -0.4 is 16.4 Å². The number of nitrogens with two attached hydrogens (primary N) is 1. The monoisotopic (exact) mass is 392 g/mol. The summed E-state index contributed by atoms with van der Waals surface area (Å²) in [5.41, 5.74) is 6.39. The number of ether oxygens (including phenoxy) is 1. The molecule has 0 fully saturated rings. The number of para-hydroxylation sites is 1. The Bertz CT molecular complexity index is 426. The number of carbonyl (C=O) groups excluding carboxylic acids is 1. The van der Waals surface area contributed by atoms with Crippen molar-refractivity contribution in [1.82, 2.24) is 5.32 Å². The summed E-state index contributed by atoms with van der Waals surface area (Å²) in [5, 5.41) is 5.64. The minimum atomic E-state index is -0.213. The van der Waals surface area contributed by atoms with E-state index in [1.807, 2.05) is 37.3 Å². The average Bonchev–Trinajstić information content (AvgIpc) is 2.38. The second-order valence-corrected chi connectivity index (χ2v) is 4.12. The molecule has 112 valence electrons. The Morgan fingerprint density at radius 2 is 2.05 bits per heavy atom. The number of amides is 1. The summed E-state index contributed by atoms with van der Waals surface area (Å²) >= 11 is 0. The SMILES string of the molecule is COCC(C)NC(N)=NCC(=O)Nc1ccccc1.I. The third kappa shape index (κ3) is 7.95. The van der Waals surface area contributed by atoms with Gasteiger partial charge in [-0.3, -0.25) is 4.79 Å². The molecule has 0 aliphatic heterocycles. The van der Waals surface area contributed by atoms with Crippen LogP contribution in [0.15, 0.2) is 35.3 Å². The van der Waals surface area contributed by atoms with E-state index in [1.165, 1.54) is 0 Å². The van der Waals surface area contributed by atoms with E-state index in [-0.39, 0.29) is 48.4 Å². The normalized spacial score (nSPS) is 12.2. The maximum Gasteiger partial charge on any atom is 0.246 e. The molecule has 4 N–H and O–H groups in total. The third-order valence-electron chi connectivity index (χ3n) is 2.26. The van der Waals surface area contributed by atoms with Gasteiger partial charge in [-0.2, -0.15) is 0 Å². The largest absolute Gasteiger partial charge is 0.383 e. The van der Waals surface area contributed by atoms with Crippen molar-refractivity contribution in [1.29, 1.82) is 0 Å². The number of rotatable bonds is 6. The summed E-state index contributed by atoms with van der Waals surface area (Å²) < 4.78 is 4.96. The zero-order valence-corrected chi connectivity index (χ0v) is 14.0. The van der Waals surface area contributed by atoms with E-state index >= 15 is 0 Å². The van der Waals surface area contributed by atoms with Crippen LogP contribution in [0, 0.1) is 0 Å².